The molecule has 3 unspecified atom stereocenters. The third-order valence-electron chi connectivity index (χ3n) is 7.92. The zero-order valence-corrected chi connectivity index (χ0v) is 30.4. The van der Waals surface area contributed by atoms with Crippen molar-refractivity contribution in [1.29, 1.82) is 0 Å². The maximum atomic E-state index is 12.7. The van der Waals surface area contributed by atoms with E-state index in [9.17, 15) is 53.0 Å². The Morgan fingerprint density at radius 3 is 2.22 bits per heavy atom. The van der Waals surface area contributed by atoms with Gasteiger partial charge in [-0.1, -0.05) is 12.2 Å². The minimum absolute atomic E-state index is 0.0186. The molecule has 54 heavy (non-hydrogen) atoms. The number of nitrogens with one attached hydrogen (secondary N) is 2. The van der Waals surface area contributed by atoms with Gasteiger partial charge < -0.3 is 51.3 Å². The molecule has 0 bridgehead atoms. The number of aromatic nitrogens is 3. The lowest BCUT2D eigenvalue weighted by atomic mass is 10.1. The van der Waals surface area contributed by atoms with Crippen molar-refractivity contribution in [2.45, 2.75) is 43.9 Å². The maximum Gasteiger partial charge on any atom is 0.487 e. The highest BCUT2D eigenvalue weighted by Crippen LogP contribution is 2.65. The van der Waals surface area contributed by atoms with Crippen molar-refractivity contribution in [2.24, 2.45) is 0 Å². The molecular formula is C29H35N6O16P3. The standard InChI is InChI=1S/C29H35N6O16P3/c30-19-7-5-16-11-17-6-8-20(31)13-22(17)34(21(16)12-19)10-2-4-24(36)32-9-1-3-18-14-35(29(40)33-27(18)39)28-26(38)25(37)23(49-28)15-48-53(44,45)51-54(46,47)50-52(41,42)43/h1,3,5-8,11-14,23,25-26,28,37-38H,2,4,9-10,15H2,(H9,30,31,32,33,36,39,40,41,42,43,44,45,46,47)/b3-1+/t23-,25-,26-,28-/m1/s1. The number of pyridine rings is 1. The number of hydrogen-bond acceptors (Lipinski definition) is 15. The molecule has 0 saturated carbocycles. The van der Waals surface area contributed by atoms with Crippen LogP contribution in [-0.2, 0) is 42.9 Å². The summed E-state index contributed by atoms with van der Waals surface area (Å²) in [6.07, 6.45) is -2.95. The number of aliphatic hydroxyl groups is 2. The smallest absolute Gasteiger partial charge is 0.487 e. The van der Waals surface area contributed by atoms with E-state index in [1.54, 1.807) is 12.1 Å². The molecule has 7 atom stereocenters. The van der Waals surface area contributed by atoms with Gasteiger partial charge in [0.25, 0.3) is 13.4 Å². The summed E-state index contributed by atoms with van der Waals surface area (Å²) in [5.74, 6) is -0.293. The van der Waals surface area contributed by atoms with Crippen LogP contribution < -0.4 is 37.5 Å². The quantitative estimate of drug-likeness (QED) is 0.0308. The molecule has 25 heteroatoms. The lowest BCUT2D eigenvalue weighted by Gasteiger charge is -2.21. The molecule has 292 valence electrons. The molecule has 1 aliphatic heterocycles. The topological polar surface area (TPSA) is 352 Å². The van der Waals surface area contributed by atoms with E-state index in [1.807, 2.05) is 39.9 Å². The van der Waals surface area contributed by atoms with Crippen LogP contribution in [0.1, 0.15) is 24.6 Å². The van der Waals surface area contributed by atoms with Gasteiger partial charge in [-0.05, 0) is 30.3 Å². The van der Waals surface area contributed by atoms with E-state index in [-0.39, 0.29) is 24.4 Å². The third-order valence-corrected chi connectivity index (χ3v) is 11.7. The number of phosphoric acid groups is 3. The highest BCUT2D eigenvalue weighted by Gasteiger charge is 2.46. The summed E-state index contributed by atoms with van der Waals surface area (Å²) in [5.41, 5.74) is 12.9. The Morgan fingerprint density at radius 1 is 0.981 bits per heavy atom. The second-order valence-electron chi connectivity index (χ2n) is 11.9. The number of fused-ring (bicyclic) bond motifs is 2. The minimum atomic E-state index is -5.89. The van der Waals surface area contributed by atoms with Crippen molar-refractivity contribution < 1.29 is 70.7 Å². The largest absolute Gasteiger partial charge is 0.756 e. The fourth-order valence-corrected chi connectivity index (χ4v) is 8.59. The number of nitrogens with zero attached hydrogens (tertiary/aromatic N) is 2. The molecule has 0 radical (unpaired) electrons. The number of rotatable bonds is 15. The minimum Gasteiger partial charge on any atom is -0.756 e. The van der Waals surface area contributed by atoms with Gasteiger partial charge >= 0.3 is 21.3 Å². The summed E-state index contributed by atoms with van der Waals surface area (Å²) in [5, 5.41) is 25.6. The number of benzene rings is 2. The van der Waals surface area contributed by atoms with Gasteiger partial charge in [-0.3, -0.25) is 28.2 Å². The number of aryl methyl sites for hydroxylation is 1. The van der Waals surface area contributed by atoms with E-state index >= 15 is 0 Å². The predicted molar refractivity (Wildman–Crippen MR) is 187 cm³/mol. The molecule has 2 aromatic heterocycles. The molecule has 11 N–H and O–H groups in total. The van der Waals surface area contributed by atoms with E-state index < -0.39 is 65.9 Å². The number of amides is 1. The Kier molecular flexibility index (Phi) is 12.4. The van der Waals surface area contributed by atoms with Crippen LogP contribution in [0.5, 0.6) is 0 Å². The highest BCUT2D eigenvalue weighted by molar-refractivity contribution is 7.66. The third kappa shape index (κ3) is 10.3. The molecule has 0 aliphatic carbocycles. The maximum absolute atomic E-state index is 12.7. The number of carbonyl (C=O) groups excluding carboxylic acids is 1. The van der Waals surface area contributed by atoms with Crippen molar-refractivity contribution in [3.8, 4) is 0 Å². The number of ether oxygens (including phenoxy) is 1. The molecule has 22 nitrogen and oxygen atoms in total. The number of aliphatic hydroxyl groups excluding tert-OH is 2. The summed E-state index contributed by atoms with van der Waals surface area (Å²) in [7, 11) is -17.4. The monoisotopic (exact) mass is 816 g/mol. The van der Waals surface area contributed by atoms with Crippen LogP contribution >= 0.6 is 23.5 Å². The van der Waals surface area contributed by atoms with Crippen molar-refractivity contribution in [1.82, 2.24) is 14.9 Å². The number of carbonyl (C=O) groups is 1. The van der Waals surface area contributed by atoms with Gasteiger partial charge in [0.05, 0.1) is 12.2 Å². The van der Waals surface area contributed by atoms with E-state index in [0.717, 1.165) is 28.0 Å². The summed E-state index contributed by atoms with van der Waals surface area (Å²) in [6.45, 7) is -0.682. The number of phosphoric ester groups is 1. The second kappa shape index (κ2) is 16.3. The van der Waals surface area contributed by atoms with Crippen molar-refractivity contribution in [2.75, 3.05) is 24.6 Å². The van der Waals surface area contributed by atoms with Crippen LogP contribution in [0, 0.1) is 0 Å². The number of aromatic amines is 1. The number of anilines is 2. The SMILES string of the molecule is Nc1ccc2cc3ccc(N)cc3[n+](CCCC(=O)NC/C=C/c3cn([C@@H]4O[C@H](COP(=O)(O)OP(=O)(O)OP(=O)([O-])O)[C@@H](O)[C@H]4O)c(=O)[nH]c3=O)c2c1. The number of nitrogen functional groups attached to an aromatic ring is 2. The van der Waals surface area contributed by atoms with Gasteiger partial charge in [0.1, 0.15) is 24.9 Å². The Hall–Kier alpha value is -4.11. The van der Waals surface area contributed by atoms with Crippen molar-refractivity contribution in [3.63, 3.8) is 0 Å². The molecular weight excluding hydrogens is 781 g/mol. The number of hydrogen-bond donors (Lipinski definition) is 9. The molecule has 0 spiro atoms. The summed E-state index contributed by atoms with van der Waals surface area (Å²) >= 11 is 0. The van der Waals surface area contributed by atoms with E-state index in [2.05, 4.69) is 18.5 Å². The van der Waals surface area contributed by atoms with Gasteiger partial charge in [0.2, 0.25) is 16.9 Å². The Labute approximate surface area is 303 Å². The van der Waals surface area contributed by atoms with E-state index in [0.29, 0.717) is 28.9 Å². The molecule has 3 heterocycles. The predicted octanol–water partition coefficient (Wildman–Crippen LogP) is -0.765. The lowest BCUT2D eigenvalue weighted by molar-refractivity contribution is -0.645. The first kappa shape index (κ1) is 41.1. The van der Waals surface area contributed by atoms with Crippen LogP contribution in [-0.4, -0.2) is 71.8 Å². The van der Waals surface area contributed by atoms with Gasteiger partial charge in [0, 0.05) is 59.9 Å². The van der Waals surface area contributed by atoms with Crippen LogP contribution in [0.15, 0.2) is 64.3 Å². The number of nitrogens with two attached hydrogens (primary N) is 2. The lowest BCUT2D eigenvalue weighted by Crippen LogP contribution is -2.38. The molecule has 1 aliphatic rings. The van der Waals surface area contributed by atoms with Gasteiger partial charge in [-0.2, -0.15) is 8.88 Å². The van der Waals surface area contributed by atoms with Crippen LogP contribution in [0.2, 0.25) is 0 Å². The van der Waals surface area contributed by atoms with Gasteiger partial charge in [-0.15, -0.1) is 0 Å². The summed E-state index contributed by atoms with van der Waals surface area (Å²) < 4.78 is 53.8. The second-order valence-corrected chi connectivity index (χ2v) is 16.3. The van der Waals surface area contributed by atoms with E-state index in [1.165, 1.54) is 12.2 Å². The van der Waals surface area contributed by atoms with Crippen LogP contribution in [0.4, 0.5) is 11.4 Å². The molecule has 2 aromatic carbocycles. The molecule has 1 fully saturated rings. The first-order valence-corrected chi connectivity index (χ1v) is 20.2. The zero-order chi connectivity index (χ0) is 39.6. The fourth-order valence-electron chi connectivity index (χ4n) is 5.59. The Balaban J connectivity index is 1.18. The first-order valence-electron chi connectivity index (χ1n) is 15.7. The zero-order valence-electron chi connectivity index (χ0n) is 27.7. The average molecular weight is 817 g/mol. The van der Waals surface area contributed by atoms with Gasteiger partial charge in [0.15, 0.2) is 6.23 Å². The van der Waals surface area contributed by atoms with Crippen molar-refractivity contribution in [3.05, 3.63) is 81.1 Å². The highest BCUT2D eigenvalue weighted by atomic mass is 31.3. The Morgan fingerprint density at radius 2 is 1.61 bits per heavy atom. The molecule has 5 rings (SSSR count). The summed E-state index contributed by atoms with van der Waals surface area (Å²) in [6, 6.07) is 13.2. The van der Waals surface area contributed by atoms with Crippen LogP contribution in [0.25, 0.3) is 27.9 Å². The van der Waals surface area contributed by atoms with Gasteiger partial charge in [-0.25, -0.2) is 18.2 Å². The molecule has 1 amide bonds. The normalized spacial score (nSPS) is 22.3. The van der Waals surface area contributed by atoms with Crippen molar-refractivity contribution >= 4 is 68.6 Å². The fraction of sp³-hybridized carbons (Fsp3) is 0.310. The van der Waals surface area contributed by atoms with E-state index in [4.69, 9.17) is 21.1 Å². The van der Waals surface area contributed by atoms with Crippen LogP contribution in [0.3, 0.4) is 0 Å². The Bertz CT molecular complexity index is 2300. The molecule has 4 aromatic rings. The first-order chi connectivity index (χ1) is 25.2. The molecule has 1 saturated heterocycles. The summed E-state index contributed by atoms with van der Waals surface area (Å²) in [4.78, 5) is 77.8. The number of H-pyrrole nitrogens is 1. The average Bonchev–Trinajstić information content (AvgIpc) is 3.33.